The Hall–Kier alpha value is -4.09. The smallest absolute Gasteiger partial charge is 0.303 e. The monoisotopic (exact) mass is 606 g/mol. The Labute approximate surface area is 256 Å². The number of hydrogen-bond donors (Lipinski definition) is 1. The van der Waals surface area contributed by atoms with E-state index in [1.54, 1.807) is 4.90 Å². The Morgan fingerprint density at radius 1 is 0.977 bits per heavy atom. The molecule has 3 aromatic rings. The summed E-state index contributed by atoms with van der Waals surface area (Å²) in [6.07, 6.45) is -1.19. The summed E-state index contributed by atoms with van der Waals surface area (Å²) in [7, 11) is 4.05. The van der Waals surface area contributed by atoms with Crippen LogP contribution in [0.2, 0.25) is 0 Å². The lowest BCUT2D eigenvalue weighted by Gasteiger charge is -2.31. The third-order valence-electron chi connectivity index (χ3n) is 7.07. The van der Waals surface area contributed by atoms with E-state index in [4.69, 9.17) is 9.47 Å². The van der Waals surface area contributed by atoms with Crippen molar-refractivity contribution in [2.24, 2.45) is 0 Å². The van der Waals surface area contributed by atoms with Crippen LogP contribution in [0.3, 0.4) is 0 Å². The molecular weight excluding hydrogens is 568 g/mol. The van der Waals surface area contributed by atoms with E-state index in [-0.39, 0.29) is 12.6 Å². The highest BCUT2D eigenvalue weighted by Gasteiger charge is 2.44. The minimum absolute atomic E-state index is 0.0535. The molecule has 0 spiro atoms. The van der Waals surface area contributed by atoms with Gasteiger partial charge in [0.2, 0.25) is 12.2 Å². The van der Waals surface area contributed by atoms with Crippen LogP contribution < -0.4 is 5.32 Å². The largest absolute Gasteiger partial charge is 0.448 e. The summed E-state index contributed by atoms with van der Waals surface area (Å²) in [5.74, 6) is -2.88. The molecule has 1 aliphatic rings. The average molecular weight is 607 g/mol. The van der Waals surface area contributed by atoms with Gasteiger partial charge in [-0.2, -0.15) is 0 Å². The molecule has 1 N–H and O–H groups in total. The van der Waals surface area contributed by atoms with Crippen LogP contribution >= 0.6 is 11.3 Å². The molecule has 1 fully saturated rings. The number of hydrogen-bond acceptors (Lipinski definition) is 9. The molecule has 0 aliphatic carbocycles. The maximum atomic E-state index is 13.8. The molecule has 0 saturated carbocycles. The van der Waals surface area contributed by atoms with E-state index in [1.165, 1.54) is 22.5 Å². The average Bonchev–Trinajstić information content (AvgIpc) is 3.64. The van der Waals surface area contributed by atoms with E-state index in [0.717, 1.165) is 44.5 Å². The third-order valence-corrected chi connectivity index (χ3v) is 7.97. The van der Waals surface area contributed by atoms with E-state index in [0.29, 0.717) is 18.0 Å². The van der Waals surface area contributed by atoms with Crippen LogP contribution in [0.25, 0.3) is 0 Å². The molecule has 2 aromatic carbocycles. The molecule has 3 atom stereocenters. The van der Waals surface area contributed by atoms with Crippen molar-refractivity contribution in [2.75, 3.05) is 20.6 Å². The molecule has 43 heavy (non-hydrogen) atoms. The first-order valence-corrected chi connectivity index (χ1v) is 15.1. The second-order valence-electron chi connectivity index (χ2n) is 10.8. The maximum absolute atomic E-state index is 13.8. The molecule has 0 bridgehead atoms. The molecule has 10 nitrogen and oxygen atoms in total. The predicted octanol–water partition coefficient (Wildman–Crippen LogP) is 3.64. The van der Waals surface area contributed by atoms with Crippen molar-refractivity contribution in [2.45, 2.75) is 64.4 Å². The van der Waals surface area contributed by atoms with Gasteiger partial charge in [-0.3, -0.25) is 19.2 Å². The molecule has 4 rings (SSSR count). The standard InChI is InChI=1S/C32H38N4O6S/c1-21(37)41-29(30(42-22(2)38)32(40)36-16-10-15-27(36)23-11-6-5-7-12-23)31(39)33-18-28-34-26(20-43-28)17-24-13-8-9-14-25(24)19-35(3)4/h5-9,11-14,20,27,29-30H,10,15-19H2,1-4H3,(H,33,39)/t27?,29-,30-/m1/s1. The van der Waals surface area contributed by atoms with Crippen molar-refractivity contribution in [1.29, 1.82) is 0 Å². The number of rotatable bonds is 12. The van der Waals surface area contributed by atoms with E-state index >= 15 is 0 Å². The van der Waals surface area contributed by atoms with E-state index in [1.807, 2.05) is 61.9 Å². The van der Waals surface area contributed by atoms with Crippen LogP contribution in [0, 0.1) is 0 Å². The SMILES string of the molecule is CC(=O)O[C@@H](C(=O)NCc1nc(Cc2ccccc2CN(C)C)cs1)[C@@H](OC(C)=O)C(=O)N1CCCC1c1ccccc1. The third kappa shape index (κ3) is 8.71. The summed E-state index contributed by atoms with van der Waals surface area (Å²) in [6, 6.07) is 17.5. The van der Waals surface area contributed by atoms with Crippen LogP contribution in [-0.2, 0) is 48.2 Å². The van der Waals surface area contributed by atoms with Gasteiger partial charge in [0, 0.05) is 38.7 Å². The topological polar surface area (TPSA) is 118 Å². The summed E-state index contributed by atoms with van der Waals surface area (Å²) in [5.41, 5.74) is 4.19. The van der Waals surface area contributed by atoms with Crippen LogP contribution in [0.5, 0.6) is 0 Å². The number of ether oxygens (including phenoxy) is 2. The van der Waals surface area contributed by atoms with Crippen molar-refractivity contribution >= 4 is 35.1 Å². The Morgan fingerprint density at radius 3 is 2.30 bits per heavy atom. The molecule has 1 aromatic heterocycles. The highest BCUT2D eigenvalue weighted by atomic mass is 32.1. The Morgan fingerprint density at radius 2 is 1.63 bits per heavy atom. The first-order valence-electron chi connectivity index (χ1n) is 14.2. The number of thiazole rings is 1. The number of amides is 2. The zero-order chi connectivity index (χ0) is 30.9. The zero-order valence-electron chi connectivity index (χ0n) is 24.9. The highest BCUT2D eigenvalue weighted by Crippen LogP contribution is 2.33. The Bertz CT molecular complexity index is 1430. The van der Waals surface area contributed by atoms with Crippen molar-refractivity contribution in [3.63, 3.8) is 0 Å². The predicted molar refractivity (Wildman–Crippen MR) is 162 cm³/mol. The zero-order valence-corrected chi connectivity index (χ0v) is 25.8. The van der Waals surface area contributed by atoms with Gasteiger partial charge in [-0.1, -0.05) is 54.6 Å². The number of esters is 2. The van der Waals surface area contributed by atoms with Gasteiger partial charge in [-0.05, 0) is 43.6 Å². The number of aromatic nitrogens is 1. The number of nitrogens with zero attached hydrogens (tertiary/aromatic N) is 3. The quantitative estimate of drug-likeness (QED) is 0.311. The number of nitrogens with one attached hydrogen (secondary N) is 1. The van der Waals surface area contributed by atoms with E-state index < -0.39 is 36.0 Å². The number of likely N-dealkylation sites (tertiary alicyclic amines) is 1. The van der Waals surface area contributed by atoms with Gasteiger partial charge in [0.15, 0.2) is 0 Å². The van der Waals surface area contributed by atoms with Crippen LogP contribution in [0.15, 0.2) is 60.0 Å². The summed E-state index contributed by atoms with van der Waals surface area (Å²) in [6.45, 7) is 3.57. The minimum atomic E-state index is -1.66. The van der Waals surface area contributed by atoms with E-state index in [2.05, 4.69) is 27.3 Å². The Kier molecular flexibility index (Phi) is 11.0. The van der Waals surface area contributed by atoms with Gasteiger partial charge in [-0.15, -0.1) is 11.3 Å². The van der Waals surface area contributed by atoms with Crippen molar-refractivity contribution in [3.05, 3.63) is 87.4 Å². The molecule has 1 aliphatic heterocycles. The fraction of sp³-hybridized carbons (Fsp3) is 0.406. The summed E-state index contributed by atoms with van der Waals surface area (Å²) in [5, 5.41) is 5.32. The van der Waals surface area contributed by atoms with Gasteiger partial charge in [0.1, 0.15) is 5.01 Å². The molecule has 1 saturated heterocycles. The van der Waals surface area contributed by atoms with Crippen LogP contribution in [0.1, 0.15) is 60.1 Å². The molecule has 228 valence electrons. The maximum Gasteiger partial charge on any atom is 0.303 e. The molecule has 11 heteroatoms. The molecule has 2 heterocycles. The first kappa shape index (κ1) is 31.8. The fourth-order valence-corrected chi connectivity index (χ4v) is 6.00. The number of benzene rings is 2. The van der Waals surface area contributed by atoms with E-state index in [9.17, 15) is 19.2 Å². The second-order valence-corrected chi connectivity index (χ2v) is 11.7. The summed E-state index contributed by atoms with van der Waals surface area (Å²) < 4.78 is 10.7. The summed E-state index contributed by atoms with van der Waals surface area (Å²) in [4.78, 5) is 59.7. The minimum Gasteiger partial charge on any atom is -0.448 e. The van der Waals surface area contributed by atoms with Crippen LogP contribution in [0.4, 0.5) is 0 Å². The lowest BCUT2D eigenvalue weighted by molar-refractivity contribution is -0.178. The van der Waals surface area contributed by atoms with Crippen LogP contribution in [-0.4, -0.2) is 71.4 Å². The second kappa shape index (κ2) is 14.9. The molecule has 2 amide bonds. The summed E-state index contributed by atoms with van der Waals surface area (Å²) >= 11 is 1.40. The van der Waals surface area contributed by atoms with Gasteiger partial charge in [-0.25, -0.2) is 4.98 Å². The van der Waals surface area contributed by atoms with Gasteiger partial charge >= 0.3 is 11.9 Å². The van der Waals surface area contributed by atoms with Crippen molar-refractivity contribution < 1.29 is 28.7 Å². The van der Waals surface area contributed by atoms with Gasteiger partial charge in [0.25, 0.3) is 11.8 Å². The van der Waals surface area contributed by atoms with Crippen molar-refractivity contribution in [3.8, 4) is 0 Å². The number of carbonyl (C=O) groups excluding carboxylic acids is 4. The Balaban J connectivity index is 1.48. The first-order chi connectivity index (χ1) is 20.6. The molecular formula is C32H38N4O6S. The highest BCUT2D eigenvalue weighted by molar-refractivity contribution is 7.09. The molecule has 1 unspecified atom stereocenters. The lowest BCUT2D eigenvalue weighted by atomic mass is 10.0. The molecule has 0 radical (unpaired) electrons. The van der Waals surface area contributed by atoms with Crippen molar-refractivity contribution in [1.82, 2.24) is 20.1 Å². The normalized spacial score (nSPS) is 16.0. The van der Waals surface area contributed by atoms with Gasteiger partial charge < -0.3 is 24.6 Å². The van der Waals surface area contributed by atoms with Gasteiger partial charge in [0.05, 0.1) is 18.3 Å². The fourth-order valence-electron chi connectivity index (χ4n) is 5.26. The lowest BCUT2D eigenvalue weighted by Crippen LogP contribution is -2.53. The number of carbonyl (C=O) groups is 4.